The van der Waals surface area contributed by atoms with Crippen LogP contribution < -0.4 is 10.2 Å². The molecule has 1 aliphatic rings. The zero-order valence-corrected chi connectivity index (χ0v) is 16.6. The van der Waals surface area contributed by atoms with Crippen molar-refractivity contribution in [3.63, 3.8) is 0 Å². The second-order valence-corrected chi connectivity index (χ2v) is 8.43. The minimum Gasteiger partial charge on any atom is -0.370 e. The summed E-state index contributed by atoms with van der Waals surface area (Å²) in [4.78, 5) is 11.0. The lowest BCUT2D eigenvalue weighted by Gasteiger charge is -2.34. The van der Waals surface area contributed by atoms with Gasteiger partial charge in [-0.05, 0) is 38.5 Å². The minimum absolute atomic E-state index is 0.0252. The minimum atomic E-state index is -3.73. The summed E-state index contributed by atoms with van der Waals surface area (Å²) in [6.07, 6.45) is 0. The highest BCUT2D eigenvalue weighted by Crippen LogP contribution is 2.23. The molecule has 1 N–H and O–H groups in total. The van der Waals surface area contributed by atoms with Crippen LogP contribution >= 0.6 is 0 Å². The van der Waals surface area contributed by atoms with E-state index in [9.17, 15) is 12.8 Å². The predicted molar refractivity (Wildman–Crippen MR) is 103 cm³/mol. The molecule has 7 nitrogen and oxygen atoms in total. The largest absolute Gasteiger partial charge is 0.370 e. The molecular weight excluding hydrogens is 369 g/mol. The number of anilines is 2. The van der Waals surface area contributed by atoms with Crippen molar-refractivity contribution >= 4 is 21.8 Å². The molecule has 1 aromatic heterocycles. The Kier molecular flexibility index (Phi) is 5.61. The van der Waals surface area contributed by atoms with Gasteiger partial charge in [0, 0.05) is 44.5 Å². The van der Waals surface area contributed by atoms with Crippen LogP contribution in [0.4, 0.5) is 16.2 Å². The van der Waals surface area contributed by atoms with Gasteiger partial charge in [0.05, 0.1) is 4.90 Å². The van der Waals surface area contributed by atoms with Gasteiger partial charge >= 0.3 is 0 Å². The Morgan fingerprint density at radius 1 is 1.11 bits per heavy atom. The van der Waals surface area contributed by atoms with Crippen molar-refractivity contribution < 1.29 is 12.8 Å². The smallest absolute Gasteiger partial charge is 0.243 e. The van der Waals surface area contributed by atoms with Crippen LogP contribution in [0.25, 0.3) is 0 Å². The lowest BCUT2D eigenvalue weighted by Crippen LogP contribution is -2.49. The van der Waals surface area contributed by atoms with Crippen molar-refractivity contribution in [3.05, 3.63) is 41.3 Å². The molecule has 2 aromatic rings. The maximum atomic E-state index is 13.6. The van der Waals surface area contributed by atoms with Gasteiger partial charge in [0.1, 0.15) is 11.6 Å². The van der Waals surface area contributed by atoms with E-state index in [1.54, 1.807) is 6.92 Å². The normalized spacial score (nSPS) is 15.8. The van der Waals surface area contributed by atoms with Crippen LogP contribution in [0.5, 0.6) is 0 Å². The van der Waals surface area contributed by atoms with Crippen LogP contribution in [-0.2, 0) is 10.0 Å². The average molecular weight is 393 g/mol. The fraction of sp³-hybridized carbons (Fsp3) is 0.444. The number of benzene rings is 1. The standard InChI is InChI=1S/C18H24FN5O2S/c1-4-20-17-11-14(3)21-18(22-17)23-7-9-24(10-8-23)27(25,26)16-12-15(19)6-5-13(16)2/h5-6,11-12H,4,7-10H2,1-3H3,(H,20,21,22). The number of hydrogen-bond acceptors (Lipinski definition) is 6. The highest BCUT2D eigenvalue weighted by atomic mass is 32.2. The van der Waals surface area contributed by atoms with Gasteiger partial charge in [-0.15, -0.1) is 0 Å². The highest BCUT2D eigenvalue weighted by molar-refractivity contribution is 7.89. The van der Waals surface area contributed by atoms with E-state index in [1.807, 2.05) is 24.8 Å². The van der Waals surface area contributed by atoms with Crippen molar-refractivity contribution in [2.75, 3.05) is 42.9 Å². The van der Waals surface area contributed by atoms with Gasteiger partial charge in [0.2, 0.25) is 16.0 Å². The van der Waals surface area contributed by atoms with E-state index in [0.29, 0.717) is 37.7 Å². The lowest BCUT2D eigenvalue weighted by atomic mass is 10.2. The second kappa shape index (κ2) is 7.77. The van der Waals surface area contributed by atoms with Crippen LogP contribution in [0, 0.1) is 19.7 Å². The predicted octanol–water partition coefficient (Wildman–Crippen LogP) is 2.18. The Morgan fingerprint density at radius 2 is 1.81 bits per heavy atom. The van der Waals surface area contributed by atoms with Crippen LogP contribution in [0.2, 0.25) is 0 Å². The van der Waals surface area contributed by atoms with Crippen molar-refractivity contribution in [1.82, 2.24) is 14.3 Å². The van der Waals surface area contributed by atoms with E-state index in [2.05, 4.69) is 15.3 Å². The van der Waals surface area contributed by atoms with E-state index in [1.165, 1.54) is 16.4 Å². The van der Waals surface area contributed by atoms with E-state index in [-0.39, 0.29) is 4.90 Å². The van der Waals surface area contributed by atoms with Crippen LogP contribution in [0.15, 0.2) is 29.2 Å². The molecule has 1 aliphatic heterocycles. The number of hydrogen-bond donors (Lipinski definition) is 1. The Labute approximate surface area is 159 Å². The molecule has 0 saturated carbocycles. The molecule has 0 radical (unpaired) electrons. The number of sulfonamides is 1. The molecule has 146 valence electrons. The topological polar surface area (TPSA) is 78.4 Å². The lowest BCUT2D eigenvalue weighted by molar-refractivity contribution is 0.382. The first-order chi connectivity index (χ1) is 12.8. The number of halogens is 1. The molecule has 0 spiro atoms. The molecule has 3 rings (SSSR count). The van der Waals surface area contributed by atoms with E-state index < -0.39 is 15.8 Å². The van der Waals surface area contributed by atoms with E-state index in [0.717, 1.165) is 24.1 Å². The highest BCUT2D eigenvalue weighted by Gasteiger charge is 2.30. The SMILES string of the molecule is CCNc1cc(C)nc(N2CCN(S(=O)(=O)c3cc(F)ccc3C)CC2)n1. The van der Waals surface area contributed by atoms with E-state index in [4.69, 9.17) is 0 Å². The van der Waals surface area contributed by atoms with Crippen molar-refractivity contribution in [1.29, 1.82) is 0 Å². The first-order valence-electron chi connectivity index (χ1n) is 8.92. The molecule has 27 heavy (non-hydrogen) atoms. The number of nitrogens with one attached hydrogen (secondary N) is 1. The molecule has 2 heterocycles. The Bertz CT molecular complexity index is 927. The van der Waals surface area contributed by atoms with Crippen molar-refractivity contribution in [2.45, 2.75) is 25.7 Å². The first-order valence-corrected chi connectivity index (χ1v) is 10.4. The van der Waals surface area contributed by atoms with Crippen molar-refractivity contribution in [3.8, 4) is 0 Å². The molecule has 0 atom stereocenters. The maximum absolute atomic E-state index is 13.6. The molecule has 0 unspecified atom stereocenters. The molecule has 0 aliphatic carbocycles. The van der Waals surface area contributed by atoms with Gasteiger partial charge < -0.3 is 10.2 Å². The number of aryl methyl sites for hydroxylation is 2. The van der Waals surface area contributed by atoms with Crippen molar-refractivity contribution in [2.24, 2.45) is 0 Å². The van der Waals surface area contributed by atoms with Crippen LogP contribution in [-0.4, -0.2) is 55.4 Å². The monoisotopic (exact) mass is 393 g/mol. The van der Waals surface area contributed by atoms with Gasteiger partial charge in [-0.25, -0.2) is 17.8 Å². The number of nitrogens with zero attached hydrogens (tertiary/aromatic N) is 4. The molecule has 0 amide bonds. The molecular formula is C18H24FN5O2S. The third kappa shape index (κ3) is 4.19. The second-order valence-electron chi connectivity index (χ2n) is 6.53. The summed E-state index contributed by atoms with van der Waals surface area (Å²) >= 11 is 0. The molecule has 0 bridgehead atoms. The summed E-state index contributed by atoms with van der Waals surface area (Å²) in [5.41, 5.74) is 1.39. The summed E-state index contributed by atoms with van der Waals surface area (Å²) in [5, 5.41) is 3.17. The summed E-state index contributed by atoms with van der Waals surface area (Å²) in [6.45, 7) is 7.87. The average Bonchev–Trinajstić information content (AvgIpc) is 2.63. The maximum Gasteiger partial charge on any atom is 0.243 e. The van der Waals surface area contributed by atoms with Crippen LogP contribution in [0.1, 0.15) is 18.2 Å². The van der Waals surface area contributed by atoms with Gasteiger partial charge in [0.25, 0.3) is 0 Å². The molecule has 1 fully saturated rings. The van der Waals surface area contributed by atoms with Gasteiger partial charge in [-0.2, -0.15) is 9.29 Å². The Hall–Kier alpha value is -2.26. The summed E-state index contributed by atoms with van der Waals surface area (Å²) in [5.74, 6) is 0.789. The molecule has 9 heteroatoms. The molecule has 1 aromatic carbocycles. The van der Waals surface area contributed by atoms with Gasteiger partial charge in [-0.3, -0.25) is 0 Å². The zero-order valence-electron chi connectivity index (χ0n) is 15.7. The zero-order chi connectivity index (χ0) is 19.6. The number of piperazine rings is 1. The quantitative estimate of drug-likeness (QED) is 0.839. The van der Waals surface area contributed by atoms with Crippen LogP contribution in [0.3, 0.4) is 0 Å². The third-order valence-electron chi connectivity index (χ3n) is 4.49. The number of aromatic nitrogens is 2. The fourth-order valence-corrected chi connectivity index (χ4v) is 4.74. The summed E-state index contributed by atoms with van der Waals surface area (Å²) < 4.78 is 40.7. The fourth-order valence-electron chi connectivity index (χ4n) is 3.09. The van der Waals surface area contributed by atoms with E-state index >= 15 is 0 Å². The van der Waals surface area contributed by atoms with Gasteiger partial charge in [-0.1, -0.05) is 6.07 Å². The number of rotatable bonds is 5. The summed E-state index contributed by atoms with van der Waals surface area (Å²) in [6, 6.07) is 5.72. The summed E-state index contributed by atoms with van der Waals surface area (Å²) in [7, 11) is -3.73. The Morgan fingerprint density at radius 3 is 2.48 bits per heavy atom. The third-order valence-corrected chi connectivity index (χ3v) is 6.53. The Balaban J connectivity index is 1.76. The van der Waals surface area contributed by atoms with Gasteiger partial charge in [0.15, 0.2) is 0 Å². The molecule has 1 saturated heterocycles. The first kappa shape index (κ1) is 19.5.